The van der Waals surface area contributed by atoms with Crippen LogP contribution >= 0.6 is 11.3 Å². The first-order valence-corrected chi connectivity index (χ1v) is 9.58. The molecule has 2 aliphatic heterocycles. The fraction of sp³-hybridized carbons (Fsp3) is 0.421. The number of aromatic nitrogens is 1. The largest absolute Gasteiger partial charge is 0.297 e. The summed E-state index contributed by atoms with van der Waals surface area (Å²) in [7, 11) is 0. The van der Waals surface area contributed by atoms with Gasteiger partial charge in [0.05, 0.1) is 17.9 Å². The predicted molar refractivity (Wildman–Crippen MR) is 95.7 cm³/mol. The molecular formula is C19H21N3O2S. The summed E-state index contributed by atoms with van der Waals surface area (Å²) in [4.78, 5) is 34.9. The van der Waals surface area contributed by atoms with Crippen LogP contribution in [0.1, 0.15) is 29.8 Å². The molecule has 4 rings (SSSR count). The summed E-state index contributed by atoms with van der Waals surface area (Å²) in [5.41, 5.74) is 1.12. The SMILES string of the molecule is CCC(c1cccs1)N1C(=O)[C@H]2CN(Cc3cccnc3)C[C@H]2C1=O. The molecular weight excluding hydrogens is 334 g/mol. The Morgan fingerprint density at radius 1 is 1.20 bits per heavy atom. The highest BCUT2D eigenvalue weighted by atomic mass is 32.1. The van der Waals surface area contributed by atoms with Gasteiger partial charge in [-0.05, 0) is 29.5 Å². The zero-order valence-corrected chi connectivity index (χ0v) is 15.0. The molecule has 0 spiro atoms. The molecule has 0 aromatic carbocycles. The second-order valence-electron chi connectivity index (χ2n) is 6.75. The third-order valence-electron chi connectivity index (χ3n) is 5.20. The van der Waals surface area contributed by atoms with E-state index in [4.69, 9.17) is 0 Å². The number of hydrogen-bond donors (Lipinski definition) is 0. The van der Waals surface area contributed by atoms with E-state index < -0.39 is 0 Å². The first kappa shape index (κ1) is 16.4. The molecule has 2 aliphatic rings. The molecule has 2 amide bonds. The lowest BCUT2D eigenvalue weighted by Crippen LogP contribution is -2.38. The van der Waals surface area contributed by atoms with E-state index in [1.807, 2.05) is 42.8 Å². The van der Waals surface area contributed by atoms with Crippen LogP contribution in [0.5, 0.6) is 0 Å². The number of rotatable bonds is 5. The molecule has 0 saturated carbocycles. The Hall–Kier alpha value is -2.05. The van der Waals surface area contributed by atoms with Crippen LogP contribution in [0.4, 0.5) is 0 Å². The molecule has 4 heterocycles. The van der Waals surface area contributed by atoms with E-state index in [0.29, 0.717) is 13.1 Å². The summed E-state index contributed by atoms with van der Waals surface area (Å²) in [6.45, 7) is 4.08. The Morgan fingerprint density at radius 2 is 1.96 bits per heavy atom. The van der Waals surface area contributed by atoms with E-state index >= 15 is 0 Å². The van der Waals surface area contributed by atoms with Crippen molar-refractivity contribution in [1.82, 2.24) is 14.8 Å². The maximum absolute atomic E-state index is 13.0. The minimum Gasteiger partial charge on any atom is -0.297 e. The minimum absolute atomic E-state index is 0.00365. The summed E-state index contributed by atoms with van der Waals surface area (Å²) in [6.07, 6.45) is 4.35. The van der Waals surface area contributed by atoms with Gasteiger partial charge in [0.25, 0.3) is 0 Å². The topological polar surface area (TPSA) is 53.5 Å². The van der Waals surface area contributed by atoms with Gasteiger partial charge in [-0.3, -0.25) is 24.4 Å². The number of pyridine rings is 1. The molecule has 130 valence electrons. The van der Waals surface area contributed by atoms with Gasteiger partial charge >= 0.3 is 0 Å². The summed E-state index contributed by atoms with van der Waals surface area (Å²) in [5.74, 6) is -0.385. The lowest BCUT2D eigenvalue weighted by molar-refractivity contribution is -0.143. The van der Waals surface area contributed by atoms with Crippen LogP contribution in [0.2, 0.25) is 0 Å². The summed E-state index contributed by atoms with van der Waals surface area (Å²) < 4.78 is 0. The number of likely N-dealkylation sites (tertiary alicyclic amines) is 2. The van der Waals surface area contributed by atoms with E-state index in [1.54, 1.807) is 22.4 Å². The van der Waals surface area contributed by atoms with Crippen LogP contribution in [-0.2, 0) is 16.1 Å². The van der Waals surface area contributed by atoms with Crippen molar-refractivity contribution < 1.29 is 9.59 Å². The monoisotopic (exact) mass is 355 g/mol. The normalized spacial score (nSPS) is 24.8. The highest BCUT2D eigenvalue weighted by Crippen LogP contribution is 2.40. The molecule has 1 unspecified atom stereocenters. The fourth-order valence-corrected chi connectivity index (χ4v) is 4.93. The molecule has 6 heteroatoms. The quantitative estimate of drug-likeness (QED) is 0.774. The second-order valence-corrected chi connectivity index (χ2v) is 7.73. The molecule has 3 atom stereocenters. The van der Waals surface area contributed by atoms with Crippen LogP contribution in [0.25, 0.3) is 0 Å². The molecule has 5 nitrogen and oxygen atoms in total. The lowest BCUT2D eigenvalue weighted by Gasteiger charge is -2.27. The van der Waals surface area contributed by atoms with Crippen molar-refractivity contribution >= 4 is 23.2 Å². The van der Waals surface area contributed by atoms with Crippen molar-refractivity contribution in [2.24, 2.45) is 11.8 Å². The van der Waals surface area contributed by atoms with Crippen molar-refractivity contribution in [2.45, 2.75) is 25.9 Å². The zero-order valence-electron chi connectivity index (χ0n) is 14.2. The van der Waals surface area contributed by atoms with Gasteiger partial charge in [-0.25, -0.2) is 0 Å². The molecule has 2 saturated heterocycles. The molecule has 2 fully saturated rings. The van der Waals surface area contributed by atoms with Crippen molar-refractivity contribution in [1.29, 1.82) is 0 Å². The van der Waals surface area contributed by atoms with E-state index in [0.717, 1.165) is 23.4 Å². The highest BCUT2D eigenvalue weighted by molar-refractivity contribution is 7.10. The van der Waals surface area contributed by atoms with Crippen LogP contribution in [-0.4, -0.2) is 39.7 Å². The first-order valence-electron chi connectivity index (χ1n) is 8.70. The Morgan fingerprint density at radius 3 is 2.52 bits per heavy atom. The molecule has 2 aromatic heterocycles. The lowest BCUT2D eigenvalue weighted by atomic mass is 10.00. The maximum atomic E-state index is 13.0. The van der Waals surface area contributed by atoms with Gasteiger partial charge in [-0.15, -0.1) is 11.3 Å². The third-order valence-corrected chi connectivity index (χ3v) is 6.18. The van der Waals surface area contributed by atoms with Gasteiger partial charge in [-0.2, -0.15) is 0 Å². The average molecular weight is 355 g/mol. The van der Waals surface area contributed by atoms with E-state index in [2.05, 4.69) is 9.88 Å². The van der Waals surface area contributed by atoms with Crippen LogP contribution < -0.4 is 0 Å². The molecule has 0 radical (unpaired) electrons. The van der Waals surface area contributed by atoms with E-state index in [9.17, 15) is 9.59 Å². The molecule has 25 heavy (non-hydrogen) atoms. The number of hydrogen-bond acceptors (Lipinski definition) is 5. The number of amides is 2. The number of nitrogens with zero attached hydrogens (tertiary/aromatic N) is 3. The van der Waals surface area contributed by atoms with Crippen molar-refractivity contribution in [3.8, 4) is 0 Å². The van der Waals surface area contributed by atoms with Gasteiger partial charge in [-0.1, -0.05) is 19.1 Å². The van der Waals surface area contributed by atoms with Crippen molar-refractivity contribution in [3.05, 3.63) is 52.5 Å². The highest BCUT2D eigenvalue weighted by Gasteiger charge is 2.54. The Labute approximate surface area is 151 Å². The van der Waals surface area contributed by atoms with Gasteiger partial charge in [0.1, 0.15) is 0 Å². The number of thiophene rings is 1. The van der Waals surface area contributed by atoms with Gasteiger partial charge in [0, 0.05) is 36.9 Å². The van der Waals surface area contributed by atoms with Crippen molar-refractivity contribution in [3.63, 3.8) is 0 Å². The molecule has 0 bridgehead atoms. The second kappa shape index (κ2) is 6.69. The summed E-state index contributed by atoms with van der Waals surface area (Å²) >= 11 is 1.61. The standard InChI is InChI=1S/C19H21N3O2S/c1-2-16(17-6-4-8-25-17)22-18(23)14-11-21(12-15(14)19(22)24)10-13-5-3-7-20-9-13/h3-9,14-16H,2,10-12H2,1H3/t14-,15+,16?. The number of fused-ring (bicyclic) bond motifs is 1. The summed E-state index contributed by atoms with van der Waals surface area (Å²) in [5, 5.41) is 2.00. The number of imide groups is 1. The molecule has 0 N–H and O–H groups in total. The van der Waals surface area contributed by atoms with Crippen molar-refractivity contribution in [2.75, 3.05) is 13.1 Å². The Balaban J connectivity index is 1.50. The van der Waals surface area contributed by atoms with E-state index in [-0.39, 0.29) is 29.7 Å². The van der Waals surface area contributed by atoms with Crippen LogP contribution in [0.15, 0.2) is 42.0 Å². The zero-order chi connectivity index (χ0) is 17.4. The fourth-order valence-electron chi connectivity index (χ4n) is 4.03. The maximum Gasteiger partial charge on any atom is 0.235 e. The van der Waals surface area contributed by atoms with Gasteiger partial charge < -0.3 is 0 Å². The minimum atomic E-state index is -0.196. The van der Waals surface area contributed by atoms with E-state index in [1.165, 1.54) is 0 Å². The number of carbonyl (C=O) groups is 2. The average Bonchev–Trinajstić information content (AvgIpc) is 3.33. The molecule has 0 aliphatic carbocycles. The number of carbonyl (C=O) groups excluding carboxylic acids is 2. The third kappa shape index (κ3) is 2.89. The van der Waals surface area contributed by atoms with Gasteiger partial charge in [0.15, 0.2) is 0 Å². The Kier molecular flexibility index (Phi) is 4.39. The first-order chi connectivity index (χ1) is 12.2. The summed E-state index contributed by atoms with van der Waals surface area (Å²) in [6, 6.07) is 7.82. The molecule has 2 aromatic rings. The predicted octanol–water partition coefficient (Wildman–Crippen LogP) is 2.71. The smallest absolute Gasteiger partial charge is 0.235 e. The Bertz CT molecular complexity index is 738. The van der Waals surface area contributed by atoms with Crippen LogP contribution in [0, 0.1) is 11.8 Å². The van der Waals surface area contributed by atoms with Gasteiger partial charge in [0.2, 0.25) is 11.8 Å². The van der Waals surface area contributed by atoms with Crippen LogP contribution in [0.3, 0.4) is 0 Å².